The quantitative estimate of drug-likeness (QED) is 0.865. The van der Waals surface area contributed by atoms with Gasteiger partial charge in [0.2, 0.25) is 0 Å². The lowest BCUT2D eigenvalue weighted by Crippen LogP contribution is -2.43. The highest BCUT2D eigenvalue weighted by molar-refractivity contribution is 6.35. The fraction of sp³-hybridized carbons (Fsp3) is 0.385. The van der Waals surface area contributed by atoms with Crippen molar-refractivity contribution in [3.05, 3.63) is 28.2 Å². The standard InChI is InChI=1S/C13H16Cl2N2O3/c1-8(2)17(7-12(18)20-3)13(19)16-11-6-9(14)4-5-10(11)15/h4-6,8H,7H2,1-3H3,(H,16,19). The molecule has 0 aromatic heterocycles. The van der Waals surface area contributed by atoms with Gasteiger partial charge in [0.15, 0.2) is 0 Å². The van der Waals surface area contributed by atoms with Gasteiger partial charge in [0.1, 0.15) is 6.54 Å². The van der Waals surface area contributed by atoms with E-state index in [2.05, 4.69) is 10.1 Å². The van der Waals surface area contributed by atoms with Crippen LogP contribution < -0.4 is 5.32 Å². The van der Waals surface area contributed by atoms with Crippen molar-refractivity contribution in [2.75, 3.05) is 19.0 Å². The average Bonchev–Trinajstić information content (AvgIpc) is 2.39. The molecule has 2 amide bonds. The maximum absolute atomic E-state index is 12.2. The minimum absolute atomic E-state index is 0.141. The largest absolute Gasteiger partial charge is 0.468 e. The molecule has 0 fully saturated rings. The van der Waals surface area contributed by atoms with Gasteiger partial charge in [0.25, 0.3) is 0 Å². The van der Waals surface area contributed by atoms with Crippen molar-refractivity contribution in [1.29, 1.82) is 0 Å². The van der Waals surface area contributed by atoms with Crippen molar-refractivity contribution in [2.45, 2.75) is 19.9 Å². The van der Waals surface area contributed by atoms with Gasteiger partial charge in [-0.25, -0.2) is 4.79 Å². The van der Waals surface area contributed by atoms with Gasteiger partial charge in [0, 0.05) is 11.1 Å². The number of urea groups is 1. The Hall–Kier alpha value is -1.46. The number of carbonyl (C=O) groups is 2. The molecule has 1 rings (SSSR count). The molecule has 1 N–H and O–H groups in total. The number of carbonyl (C=O) groups excluding carboxylic acids is 2. The van der Waals surface area contributed by atoms with Crippen molar-refractivity contribution in [3.8, 4) is 0 Å². The summed E-state index contributed by atoms with van der Waals surface area (Å²) < 4.78 is 4.57. The van der Waals surface area contributed by atoms with Gasteiger partial charge in [0.05, 0.1) is 17.8 Å². The molecule has 20 heavy (non-hydrogen) atoms. The number of methoxy groups -OCH3 is 1. The van der Waals surface area contributed by atoms with E-state index in [1.165, 1.54) is 12.0 Å². The van der Waals surface area contributed by atoms with Gasteiger partial charge in [-0.3, -0.25) is 4.79 Å². The Morgan fingerprint density at radius 2 is 2.00 bits per heavy atom. The van der Waals surface area contributed by atoms with Gasteiger partial charge in [-0.1, -0.05) is 23.2 Å². The fourth-order valence-electron chi connectivity index (χ4n) is 1.47. The predicted molar refractivity (Wildman–Crippen MR) is 79.3 cm³/mol. The molecule has 0 aliphatic rings. The third-order valence-electron chi connectivity index (χ3n) is 2.58. The van der Waals surface area contributed by atoms with Crippen LogP contribution in [0.4, 0.5) is 10.5 Å². The molecule has 0 saturated carbocycles. The van der Waals surface area contributed by atoms with Crippen LogP contribution in [0.15, 0.2) is 18.2 Å². The van der Waals surface area contributed by atoms with Crippen LogP contribution in [-0.4, -0.2) is 36.6 Å². The number of halogens is 2. The first-order valence-corrected chi connectivity index (χ1v) is 6.70. The van der Waals surface area contributed by atoms with Crippen LogP contribution in [0.2, 0.25) is 10.0 Å². The smallest absolute Gasteiger partial charge is 0.325 e. The number of benzene rings is 1. The molecular formula is C13H16Cl2N2O3. The SMILES string of the molecule is COC(=O)CN(C(=O)Nc1cc(Cl)ccc1Cl)C(C)C. The van der Waals surface area contributed by atoms with Gasteiger partial charge < -0.3 is 15.0 Å². The van der Waals surface area contributed by atoms with Crippen molar-refractivity contribution in [1.82, 2.24) is 4.90 Å². The van der Waals surface area contributed by atoms with Crippen molar-refractivity contribution < 1.29 is 14.3 Å². The first-order valence-electron chi connectivity index (χ1n) is 5.94. The highest BCUT2D eigenvalue weighted by Gasteiger charge is 2.21. The van der Waals surface area contributed by atoms with E-state index in [1.54, 1.807) is 32.0 Å². The van der Waals surface area contributed by atoms with Crippen molar-refractivity contribution in [2.24, 2.45) is 0 Å². The summed E-state index contributed by atoms with van der Waals surface area (Å²) in [6, 6.07) is 4.12. The fourth-order valence-corrected chi connectivity index (χ4v) is 1.81. The van der Waals surface area contributed by atoms with E-state index in [0.29, 0.717) is 15.7 Å². The van der Waals surface area contributed by atoms with E-state index in [9.17, 15) is 9.59 Å². The Labute approximate surface area is 127 Å². The summed E-state index contributed by atoms with van der Waals surface area (Å²) in [6.07, 6.45) is 0. The van der Waals surface area contributed by atoms with Crippen LogP contribution in [0.3, 0.4) is 0 Å². The minimum Gasteiger partial charge on any atom is -0.468 e. The number of esters is 1. The van der Waals surface area contributed by atoms with E-state index in [-0.39, 0.29) is 12.6 Å². The summed E-state index contributed by atoms with van der Waals surface area (Å²) in [5.74, 6) is -0.494. The molecule has 5 nitrogen and oxygen atoms in total. The summed E-state index contributed by atoms with van der Waals surface area (Å²) in [5.41, 5.74) is 0.389. The number of nitrogens with one attached hydrogen (secondary N) is 1. The van der Waals surface area contributed by atoms with Crippen LogP contribution in [0.1, 0.15) is 13.8 Å². The maximum Gasteiger partial charge on any atom is 0.325 e. The summed E-state index contributed by atoms with van der Waals surface area (Å²) in [7, 11) is 1.27. The summed E-state index contributed by atoms with van der Waals surface area (Å²) in [5, 5.41) is 3.44. The highest BCUT2D eigenvalue weighted by Crippen LogP contribution is 2.25. The van der Waals surface area contributed by atoms with Crippen LogP contribution in [0.25, 0.3) is 0 Å². The van der Waals surface area contributed by atoms with Crippen molar-refractivity contribution >= 4 is 40.9 Å². The summed E-state index contributed by atoms with van der Waals surface area (Å²) in [4.78, 5) is 24.8. The van der Waals surface area contributed by atoms with Gasteiger partial charge in [-0.2, -0.15) is 0 Å². The number of nitrogens with zero attached hydrogens (tertiary/aromatic N) is 1. The number of hydrogen-bond donors (Lipinski definition) is 1. The second kappa shape index (κ2) is 7.36. The Kier molecular flexibility index (Phi) is 6.10. The number of anilines is 1. The third-order valence-corrected chi connectivity index (χ3v) is 3.15. The monoisotopic (exact) mass is 318 g/mol. The molecule has 1 aromatic rings. The molecule has 0 spiro atoms. The Morgan fingerprint density at radius 3 is 2.55 bits per heavy atom. The molecule has 0 bridgehead atoms. The molecule has 0 saturated heterocycles. The van der Waals surface area contributed by atoms with E-state index >= 15 is 0 Å². The van der Waals surface area contributed by atoms with Gasteiger partial charge >= 0.3 is 12.0 Å². The third kappa shape index (κ3) is 4.58. The topological polar surface area (TPSA) is 58.6 Å². The zero-order chi connectivity index (χ0) is 15.3. The van der Waals surface area contributed by atoms with E-state index in [4.69, 9.17) is 23.2 Å². The first kappa shape index (κ1) is 16.6. The van der Waals surface area contributed by atoms with Crippen LogP contribution in [0.5, 0.6) is 0 Å². The lowest BCUT2D eigenvalue weighted by atomic mass is 10.3. The predicted octanol–water partition coefficient (Wildman–Crippen LogP) is 3.41. The zero-order valence-electron chi connectivity index (χ0n) is 11.4. The number of ether oxygens (including phenoxy) is 1. The van der Waals surface area contributed by atoms with E-state index in [1.807, 2.05) is 0 Å². The maximum atomic E-state index is 12.2. The van der Waals surface area contributed by atoms with Crippen LogP contribution in [0, 0.1) is 0 Å². The molecule has 0 aliphatic carbocycles. The second-order valence-corrected chi connectivity index (χ2v) is 5.20. The van der Waals surface area contributed by atoms with Gasteiger partial charge in [-0.05, 0) is 32.0 Å². The minimum atomic E-state index is -0.494. The molecule has 110 valence electrons. The molecule has 0 aliphatic heterocycles. The molecule has 0 atom stereocenters. The summed E-state index contributed by atoms with van der Waals surface area (Å²) in [6.45, 7) is 3.45. The zero-order valence-corrected chi connectivity index (χ0v) is 13.0. The normalized spacial score (nSPS) is 10.3. The second-order valence-electron chi connectivity index (χ2n) is 4.35. The lowest BCUT2D eigenvalue weighted by molar-refractivity contribution is -0.141. The van der Waals surface area contributed by atoms with Crippen molar-refractivity contribution in [3.63, 3.8) is 0 Å². The average molecular weight is 319 g/mol. The molecular weight excluding hydrogens is 303 g/mol. The Balaban J connectivity index is 2.85. The van der Waals surface area contributed by atoms with Crippen LogP contribution >= 0.6 is 23.2 Å². The van der Waals surface area contributed by atoms with E-state index in [0.717, 1.165) is 0 Å². The number of amides is 2. The van der Waals surface area contributed by atoms with Crippen LogP contribution in [-0.2, 0) is 9.53 Å². The Morgan fingerprint density at radius 1 is 1.35 bits per heavy atom. The molecule has 0 radical (unpaired) electrons. The molecule has 0 heterocycles. The number of hydrogen-bond acceptors (Lipinski definition) is 3. The molecule has 7 heteroatoms. The van der Waals surface area contributed by atoms with E-state index < -0.39 is 12.0 Å². The lowest BCUT2D eigenvalue weighted by Gasteiger charge is -2.25. The Bertz CT molecular complexity index is 506. The number of rotatable bonds is 4. The molecule has 0 unspecified atom stereocenters. The van der Waals surface area contributed by atoms with Gasteiger partial charge in [-0.15, -0.1) is 0 Å². The first-order chi connectivity index (χ1) is 9.35. The molecule has 1 aromatic carbocycles. The highest BCUT2D eigenvalue weighted by atomic mass is 35.5. The summed E-state index contributed by atoms with van der Waals surface area (Å²) >= 11 is 11.8.